The SMILES string of the molecule is CC(O)(CC(C)(C[As]c1ccc2c(c1)COC2=O)c1ccccc1)c1ccccc1. The fourth-order valence-corrected chi connectivity index (χ4v) is 6.86. The molecule has 0 amide bonds. The van der Waals surface area contributed by atoms with E-state index in [1.807, 2.05) is 49.4 Å². The van der Waals surface area contributed by atoms with Crippen LogP contribution < -0.4 is 4.35 Å². The van der Waals surface area contributed by atoms with E-state index < -0.39 is 5.60 Å². The van der Waals surface area contributed by atoms with Crippen molar-refractivity contribution >= 4 is 26.1 Å². The molecular formula is C26H26AsO3. The molecule has 2 atom stereocenters. The van der Waals surface area contributed by atoms with Gasteiger partial charge in [-0.1, -0.05) is 0 Å². The molecule has 0 saturated carbocycles. The van der Waals surface area contributed by atoms with Crippen LogP contribution in [0.2, 0.25) is 5.21 Å². The zero-order chi connectivity index (χ0) is 21.2. The van der Waals surface area contributed by atoms with E-state index in [1.54, 1.807) is 0 Å². The Balaban J connectivity index is 1.60. The van der Waals surface area contributed by atoms with Crippen molar-refractivity contribution in [3.8, 4) is 0 Å². The summed E-state index contributed by atoms with van der Waals surface area (Å²) in [7, 11) is 0. The van der Waals surface area contributed by atoms with Crippen molar-refractivity contribution in [2.24, 2.45) is 0 Å². The molecule has 0 spiro atoms. The van der Waals surface area contributed by atoms with Crippen LogP contribution in [0.5, 0.6) is 0 Å². The maximum atomic E-state index is 11.7. The van der Waals surface area contributed by atoms with Gasteiger partial charge in [0.25, 0.3) is 0 Å². The van der Waals surface area contributed by atoms with Gasteiger partial charge in [0.1, 0.15) is 0 Å². The molecule has 3 aromatic carbocycles. The average molecular weight is 461 g/mol. The van der Waals surface area contributed by atoms with E-state index in [0.717, 1.165) is 16.3 Å². The fraction of sp³-hybridized carbons (Fsp3) is 0.269. The first kappa shape index (κ1) is 20.9. The van der Waals surface area contributed by atoms with Crippen LogP contribution in [0.3, 0.4) is 0 Å². The Labute approximate surface area is 184 Å². The zero-order valence-corrected chi connectivity index (χ0v) is 19.2. The number of ether oxygens (including phenoxy) is 1. The van der Waals surface area contributed by atoms with Crippen LogP contribution >= 0.6 is 0 Å². The number of fused-ring (bicyclic) bond motifs is 1. The van der Waals surface area contributed by atoms with Crippen LogP contribution in [0.25, 0.3) is 0 Å². The van der Waals surface area contributed by atoms with Crippen molar-refractivity contribution in [1.82, 2.24) is 0 Å². The van der Waals surface area contributed by atoms with Crippen molar-refractivity contribution in [1.29, 1.82) is 0 Å². The standard InChI is InChI=1S/C26H26AsO3/c1-25(20-9-5-3-6-10-20,17-26(2,29)21-11-7-4-8-12-21)18-27-22-13-14-23-19(15-22)16-30-24(23)28/h3-15,29H,16-18H2,1-2H3. The molecule has 3 nitrogen and oxygen atoms in total. The Hall–Kier alpha value is -2.35. The van der Waals surface area contributed by atoms with Crippen LogP contribution in [-0.2, 0) is 22.4 Å². The average Bonchev–Trinajstić information content (AvgIpc) is 3.13. The first-order valence-corrected chi connectivity index (χ1v) is 12.4. The second kappa shape index (κ2) is 8.41. The summed E-state index contributed by atoms with van der Waals surface area (Å²) in [5, 5.41) is 12.4. The van der Waals surface area contributed by atoms with E-state index in [1.165, 1.54) is 9.91 Å². The van der Waals surface area contributed by atoms with Gasteiger partial charge in [0.15, 0.2) is 0 Å². The van der Waals surface area contributed by atoms with Gasteiger partial charge in [-0.3, -0.25) is 0 Å². The number of hydrogen-bond acceptors (Lipinski definition) is 3. The quantitative estimate of drug-likeness (QED) is 0.420. The summed E-state index contributed by atoms with van der Waals surface area (Å²) >= 11 is -0.141. The van der Waals surface area contributed by atoms with Crippen molar-refractivity contribution in [2.45, 2.75) is 43.1 Å². The molecule has 1 radical (unpaired) electrons. The van der Waals surface area contributed by atoms with Crippen LogP contribution in [0.4, 0.5) is 0 Å². The van der Waals surface area contributed by atoms with Gasteiger partial charge in [0.05, 0.1) is 0 Å². The molecule has 2 unspecified atom stereocenters. The molecule has 0 aliphatic carbocycles. The van der Waals surface area contributed by atoms with E-state index in [2.05, 4.69) is 43.3 Å². The molecule has 1 heterocycles. The third-order valence-corrected chi connectivity index (χ3v) is 9.02. The van der Waals surface area contributed by atoms with E-state index in [4.69, 9.17) is 4.74 Å². The maximum absolute atomic E-state index is 11.7. The van der Waals surface area contributed by atoms with E-state index in [-0.39, 0.29) is 27.1 Å². The van der Waals surface area contributed by atoms with E-state index >= 15 is 0 Å². The number of benzene rings is 3. The van der Waals surface area contributed by atoms with Crippen molar-refractivity contribution in [3.05, 3.63) is 101 Å². The van der Waals surface area contributed by atoms with Gasteiger partial charge in [-0.05, 0) is 0 Å². The number of esters is 1. The molecule has 153 valence electrons. The molecule has 4 heteroatoms. The monoisotopic (exact) mass is 461 g/mol. The molecule has 1 aliphatic heterocycles. The number of carbonyl (C=O) groups excluding carboxylic acids is 1. The van der Waals surface area contributed by atoms with Gasteiger partial charge in [-0.25, -0.2) is 0 Å². The molecule has 1 N–H and O–H groups in total. The van der Waals surface area contributed by atoms with Crippen molar-refractivity contribution in [2.75, 3.05) is 0 Å². The fourth-order valence-electron chi connectivity index (χ4n) is 4.23. The second-order valence-electron chi connectivity index (χ2n) is 8.48. The van der Waals surface area contributed by atoms with Gasteiger partial charge in [0.2, 0.25) is 0 Å². The molecule has 30 heavy (non-hydrogen) atoms. The molecular weight excluding hydrogens is 435 g/mol. The Morgan fingerprint density at radius 1 is 0.933 bits per heavy atom. The summed E-state index contributed by atoms with van der Waals surface area (Å²) in [5.74, 6) is -0.221. The molecule has 0 saturated heterocycles. The minimum atomic E-state index is -0.925. The Bertz CT molecular complexity index is 1030. The summed E-state index contributed by atoms with van der Waals surface area (Å²) in [5.41, 5.74) is 2.77. The number of hydrogen-bond donors (Lipinski definition) is 1. The predicted molar refractivity (Wildman–Crippen MR) is 120 cm³/mol. The third kappa shape index (κ3) is 4.38. The van der Waals surface area contributed by atoms with Gasteiger partial charge in [0, 0.05) is 0 Å². The first-order valence-electron chi connectivity index (χ1n) is 10.2. The molecule has 3 aromatic rings. The van der Waals surface area contributed by atoms with E-state index in [9.17, 15) is 9.90 Å². The normalized spacial score (nSPS) is 17.4. The number of aliphatic hydroxyl groups is 1. The number of cyclic esters (lactones) is 1. The Morgan fingerprint density at radius 2 is 1.57 bits per heavy atom. The minimum absolute atomic E-state index is 0.141. The molecule has 0 bridgehead atoms. The summed E-state index contributed by atoms with van der Waals surface area (Å²) in [6, 6.07) is 26.5. The van der Waals surface area contributed by atoms with Crippen LogP contribution in [-0.4, -0.2) is 26.8 Å². The summed E-state index contributed by atoms with van der Waals surface area (Å²) in [6.45, 7) is 4.55. The van der Waals surface area contributed by atoms with Crippen LogP contribution in [0, 0.1) is 0 Å². The molecule has 1 aliphatic rings. The van der Waals surface area contributed by atoms with Crippen LogP contribution in [0.15, 0.2) is 78.9 Å². The first-order chi connectivity index (χ1) is 14.4. The molecule has 0 aromatic heterocycles. The summed E-state index contributed by atoms with van der Waals surface area (Å²) in [4.78, 5) is 11.7. The molecule has 4 rings (SSSR count). The van der Waals surface area contributed by atoms with Gasteiger partial charge in [-0.15, -0.1) is 0 Å². The van der Waals surface area contributed by atoms with Crippen LogP contribution in [0.1, 0.15) is 47.3 Å². The number of rotatable bonds is 7. The van der Waals surface area contributed by atoms with Gasteiger partial charge >= 0.3 is 185 Å². The zero-order valence-electron chi connectivity index (χ0n) is 17.3. The Kier molecular flexibility index (Phi) is 5.86. The summed E-state index contributed by atoms with van der Waals surface area (Å²) < 4.78 is 6.43. The Morgan fingerprint density at radius 3 is 2.23 bits per heavy atom. The molecule has 0 fully saturated rings. The van der Waals surface area contributed by atoms with E-state index in [0.29, 0.717) is 18.6 Å². The van der Waals surface area contributed by atoms with Gasteiger partial charge < -0.3 is 0 Å². The second-order valence-corrected chi connectivity index (χ2v) is 10.9. The summed E-state index contributed by atoms with van der Waals surface area (Å²) in [6.07, 6.45) is 0.635. The van der Waals surface area contributed by atoms with Crippen molar-refractivity contribution < 1.29 is 14.6 Å². The third-order valence-electron chi connectivity index (χ3n) is 5.88. The number of carbonyl (C=O) groups is 1. The van der Waals surface area contributed by atoms with Crippen molar-refractivity contribution in [3.63, 3.8) is 0 Å². The van der Waals surface area contributed by atoms with Gasteiger partial charge in [-0.2, -0.15) is 0 Å². The topological polar surface area (TPSA) is 46.5 Å². The predicted octanol–water partition coefficient (Wildman–Crippen LogP) is 4.36.